The van der Waals surface area contributed by atoms with Crippen LogP contribution < -0.4 is 10.6 Å². The number of fused-ring (bicyclic) bond motifs is 1. The zero-order valence-corrected chi connectivity index (χ0v) is 22.3. The zero-order valence-electron chi connectivity index (χ0n) is 19.1. The van der Waals surface area contributed by atoms with Crippen molar-refractivity contribution < 1.29 is 29.1 Å². The first-order valence-electron chi connectivity index (χ1n) is 10.2. The Kier molecular flexibility index (Phi) is 10.6. The minimum absolute atomic E-state index is 0. The second-order valence-corrected chi connectivity index (χ2v) is 10.5. The van der Waals surface area contributed by atoms with Crippen molar-refractivity contribution in [2.24, 2.45) is 12.2 Å². The number of nitrogens with zero attached hydrogens (tertiary/aromatic N) is 7. The molecule has 0 radical (unpaired) electrons. The van der Waals surface area contributed by atoms with Crippen LogP contribution in [0.3, 0.4) is 0 Å². The number of anilines is 1. The van der Waals surface area contributed by atoms with Gasteiger partial charge >= 0.3 is 35.5 Å². The normalized spacial score (nSPS) is 18.8. The summed E-state index contributed by atoms with van der Waals surface area (Å²) in [6.07, 6.45) is 0. The molecule has 2 aliphatic rings. The molecule has 0 aliphatic carbocycles. The van der Waals surface area contributed by atoms with Gasteiger partial charge in [-0.1, -0.05) is 16.9 Å². The minimum atomic E-state index is -1.24. The fraction of sp³-hybridized carbons (Fsp3) is 0.389. The van der Waals surface area contributed by atoms with E-state index in [0.29, 0.717) is 16.5 Å². The number of carboxylic acids is 1. The molecule has 38 heavy (non-hydrogen) atoms. The summed E-state index contributed by atoms with van der Waals surface area (Å²) in [6.45, 7) is 0. The van der Waals surface area contributed by atoms with Crippen LogP contribution in [-0.2, 0) is 31.1 Å². The number of carbonyl (C=O) groups excluding carboxylic acids is 3. The molecule has 0 spiro atoms. The van der Waals surface area contributed by atoms with Crippen molar-refractivity contribution in [3.8, 4) is 0 Å². The van der Waals surface area contributed by atoms with Crippen molar-refractivity contribution in [3.63, 3.8) is 0 Å². The molecule has 2 atom stereocenters. The van der Waals surface area contributed by atoms with E-state index in [0.717, 1.165) is 11.3 Å². The molecule has 0 bridgehead atoms. The number of thiazole rings is 1. The predicted octanol–water partition coefficient (Wildman–Crippen LogP) is -0.923. The number of halogens is 1. The molecule has 3 N–H and O–H groups in total. The molecule has 198 valence electrons. The number of carbonyl (C=O) groups is 4. The van der Waals surface area contributed by atoms with Crippen molar-refractivity contribution >= 4 is 111 Å². The van der Waals surface area contributed by atoms with Gasteiger partial charge < -0.3 is 20.6 Å². The van der Waals surface area contributed by atoms with E-state index >= 15 is 0 Å². The summed E-state index contributed by atoms with van der Waals surface area (Å²) in [7, 11) is 2.90. The molecule has 2 aliphatic heterocycles. The van der Waals surface area contributed by atoms with Gasteiger partial charge in [-0.05, 0) is 16.0 Å². The van der Waals surface area contributed by atoms with Crippen LogP contribution in [0.1, 0.15) is 5.69 Å². The Balaban J connectivity index is 0.00000400. The van der Waals surface area contributed by atoms with Crippen molar-refractivity contribution in [1.82, 2.24) is 35.4 Å². The van der Waals surface area contributed by atoms with Crippen LogP contribution in [-0.4, -0.2) is 130 Å². The van der Waals surface area contributed by atoms with Crippen LogP contribution in [0.2, 0.25) is 0 Å². The molecular weight excluding hydrogens is 593 g/mol. The van der Waals surface area contributed by atoms with Gasteiger partial charge in [0.1, 0.15) is 35.8 Å². The summed E-state index contributed by atoms with van der Waals surface area (Å²) < 4.78 is 1.46. The number of hydrogen-bond acceptors (Lipinski definition) is 13. The number of aryl methyl sites for hydroxylation is 1. The Bertz CT molecular complexity index is 1320. The number of oxime groups is 1. The Morgan fingerprint density at radius 2 is 2.16 bits per heavy atom. The molecule has 1 unspecified atom stereocenters. The molecule has 2 aromatic heterocycles. The van der Waals surface area contributed by atoms with Gasteiger partial charge in [-0.15, -0.1) is 39.8 Å². The summed E-state index contributed by atoms with van der Waals surface area (Å²) in [6, 6.07) is -0.986. The van der Waals surface area contributed by atoms with Crippen LogP contribution in [0, 0.1) is 0 Å². The summed E-state index contributed by atoms with van der Waals surface area (Å²) in [4.78, 5) is 59.6. The molecule has 2 aromatic rings. The number of β-lactam (4-membered cyclic amide) rings is 1. The van der Waals surface area contributed by atoms with Gasteiger partial charge in [-0.2, -0.15) is 0 Å². The molecule has 4 rings (SSSR count). The van der Waals surface area contributed by atoms with Gasteiger partial charge in [0.15, 0.2) is 10.8 Å². The number of rotatable bonds is 10. The molecule has 4 heterocycles. The van der Waals surface area contributed by atoms with Gasteiger partial charge in [0.2, 0.25) is 11.1 Å². The van der Waals surface area contributed by atoms with Crippen molar-refractivity contribution in [2.45, 2.75) is 16.6 Å². The summed E-state index contributed by atoms with van der Waals surface area (Å²) >= 11 is 9.10. The number of aromatic nitrogens is 5. The Hall–Kier alpha value is -2.22. The fourth-order valence-electron chi connectivity index (χ4n) is 3.39. The zero-order chi connectivity index (χ0) is 26.7. The summed E-state index contributed by atoms with van der Waals surface area (Å²) in [5.74, 6) is -2.71. The summed E-state index contributed by atoms with van der Waals surface area (Å²) in [5, 5.41) is 31.3. The van der Waals surface area contributed by atoms with Crippen LogP contribution in [0.4, 0.5) is 5.13 Å². The third-order valence-electron chi connectivity index (χ3n) is 5.01. The molecular formula is C18H19ClN9NaO6S3. The fourth-order valence-corrected chi connectivity index (χ4v) is 6.50. The second-order valence-electron chi connectivity index (χ2n) is 7.33. The van der Waals surface area contributed by atoms with E-state index in [4.69, 9.17) is 16.4 Å². The maximum absolute atomic E-state index is 13.0. The summed E-state index contributed by atoms with van der Waals surface area (Å²) in [5.41, 5.74) is 0.306. The van der Waals surface area contributed by atoms with Gasteiger partial charge in [0.25, 0.3) is 11.8 Å². The van der Waals surface area contributed by atoms with Crippen LogP contribution in [0.25, 0.3) is 0 Å². The van der Waals surface area contributed by atoms with E-state index in [1.807, 2.05) is 0 Å². The van der Waals surface area contributed by atoms with Gasteiger partial charge in [-0.3, -0.25) is 19.3 Å². The first-order chi connectivity index (χ1) is 17.7. The number of amides is 3. The number of tetrazole rings is 1. The third kappa shape index (κ3) is 6.32. The van der Waals surface area contributed by atoms with Crippen LogP contribution >= 0.6 is 46.5 Å². The maximum atomic E-state index is 13.0. The van der Waals surface area contributed by atoms with Crippen molar-refractivity contribution in [3.05, 3.63) is 22.3 Å². The van der Waals surface area contributed by atoms with Crippen molar-refractivity contribution in [1.29, 1.82) is 0 Å². The Morgan fingerprint density at radius 1 is 1.39 bits per heavy atom. The standard InChI is InChI=1S/C18H18ClN9O6S3.Na.H/c1-27-18(23-25-26-27)37-5-7-4-35-15-11(14(31)28(15)12(7)16(32)33)22-13(30)10(24-34-2)8-6-36-17(20-8)21-9(29)3-19;;/h6,11,15H,3-5H2,1-2H3,(H,22,30)(H,32,33)(H,20,21,29);;/b24-10-;;/t11?,15-;;/m1../s1. The van der Waals surface area contributed by atoms with Crippen LogP contribution in [0.15, 0.2) is 27.0 Å². The third-order valence-corrected chi connectivity index (χ3v) is 8.44. The van der Waals surface area contributed by atoms with Crippen molar-refractivity contribution in [2.75, 3.05) is 29.8 Å². The van der Waals surface area contributed by atoms with Gasteiger partial charge in [-0.25, -0.2) is 14.5 Å². The Morgan fingerprint density at radius 3 is 2.79 bits per heavy atom. The van der Waals surface area contributed by atoms with Crippen LogP contribution in [0.5, 0.6) is 0 Å². The molecule has 0 aromatic carbocycles. The number of nitrogens with one attached hydrogen (secondary N) is 2. The number of carboxylic acid groups (broad SMARTS) is 1. The first kappa shape index (κ1) is 30.3. The number of aliphatic carboxylic acids is 1. The predicted molar refractivity (Wildman–Crippen MR) is 141 cm³/mol. The van der Waals surface area contributed by atoms with E-state index in [-0.39, 0.29) is 63.4 Å². The molecule has 1 fully saturated rings. The van der Waals surface area contributed by atoms with E-state index < -0.39 is 35.1 Å². The van der Waals surface area contributed by atoms with E-state index in [1.165, 1.54) is 45.6 Å². The molecule has 3 amide bonds. The molecule has 20 heteroatoms. The first-order valence-corrected chi connectivity index (χ1v) is 13.7. The Labute approximate surface area is 254 Å². The monoisotopic (exact) mass is 611 g/mol. The number of alkyl halides is 1. The molecule has 1 saturated heterocycles. The van der Waals surface area contributed by atoms with Gasteiger partial charge in [0.05, 0.1) is 0 Å². The number of hydrogen-bond donors (Lipinski definition) is 3. The van der Waals surface area contributed by atoms with E-state index in [1.54, 1.807) is 7.05 Å². The van der Waals surface area contributed by atoms with E-state index in [9.17, 15) is 24.3 Å². The van der Waals surface area contributed by atoms with E-state index in [2.05, 4.69) is 36.3 Å². The average Bonchev–Trinajstić information content (AvgIpc) is 3.51. The molecule has 0 saturated carbocycles. The second kappa shape index (κ2) is 13.2. The number of thioether (sulfide) groups is 2. The average molecular weight is 612 g/mol. The topological polar surface area (TPSA) is 194 Å². The quantitative estimate of drug-likeness (QED) is 0.0748. The SMILES string of the molecule is CO/N=C(\C(=O)NC1C(=O)N2C(C(=O)O)=C(CSc3nnnn3C)CS[C@H]12)c1csc(NC(=O)CCl)n1.[NaH]. The van der Waals surface area contributed by atoms with Gasteiger partial charge in [0, 0.05) is 23.9 Å². The molecule has 15 nitrogen and oxygen atoms in total.